The van der Waals surface area contributed by atoms with Crippen LogP contribution in [0.4, 0.5) is 22.7 Å². The Morgan fingerprint density at radius 3 is 2.05 bits per heavy atom. The second-order valence-electron chi connectivity index (χ2n) is 3.93. The molecule has 0 fully saturated rings. The Bertz CT molecular complexity index is 547. The van der Waals surface area contributed by atoms with Crippen LogP contribution in [0.5, 0.6) is 0 Å². The summed E-state index contributed by atoms with van der Waals surface area (Å²) >= 11 is 5.56. The number of nitrogens with zero attached hydrogens (tertiary/aromatic N) is 2. The number of nitro benzene ring substituents is 2. The van der Waals surface area contributed by atoms with Crippen LogP contribution in [-0.2, 0) is 6.42 Å². The molecular formula is C10H13ClN4O4. The number of nitrogen functional groups attached to an aromatic ring is 2. The van der Waals surface area contributed by atoms with Crippen LogP contribution in [0.2, 0.25) is 0 Å². The number of nitrogens with two attached hydrogens (primary N) is 2. The van der Waals surface area contributed by atoms with Gasteiger partial charge in [-0.2, -0.15) is 0 Å². The monoisotopic (exact) mass is 288 g/mol. The maximum atomic E-state index is 11.1. The molecule has 0 aliphatic heterocycles. The maximum Gasteiger partial charge on any atom is 0.322 e. The molecule has 0 radical (unpaired) electrons. The van der Waals surface area contributed by atoms with E-state index in [0.29, 0.717) is 23.4 Å². The lowest BCUT2D eigenvalue weighted by Crippen LogP contribution is -2.10. The Morgan fingerprint density at radius 2 is 1.63 bits per heavy atom. The largest absolute Gasteiger partial charge is 0.393 e. The van der Waals surface area contributed by atoms with Crippen molar-refractivity contribution in [3.8, 4) is 0 Å². The van der Waals surface area contributed by atoms with E-state index in [1.54, 1.807) is 0 Å². The fourth-order valence-corrected chi connectivity index (χ4v) is 2.03. The van der Waals surface area contributed by atoms with Crippen LogP contribution in [0.25, 0.3) is 0 Å². The van der Waals surface area contributed by atoms with Gasteiger partial charge in [0.1, 0.15) is 5.69 Å². The summed E-state index contributed by atoms with van der Waals surface area (Å²) in [6, 6.07) is 0. The summed E-state index contributed by atoms with van der Waals surface area (Å²) in [6.07, 6.45) is 0.776. The quantitative estimate of drug-likeness (QED) is 0.368. The fraction of sp³-hybridized carbons (Fsp3) is 0.400. The maximum absolute atomic E-state index is 11.1. The van der Waals surface area contributed by atoms with E-state index in [2.05, 4.69) is 0 Å². The predicted molar refractivity (Wildman–Crippen MR) is 72.4 cm³/mol. The van der Waals surface area contributed by atoms with Gasteiger partial charge in [-0.3, -0.25) is 20.2 Å². The number of halogens is 1. The van der Waals surface area contributed by atoms with Crippen LogP contribution < -0.4 is 11.5 Å². The van der Waals surface area contributed by atoms with E-state index in [1.165, 1.54) is 6.92 Å². The minimum absolute atomic E-state index is 0.141. The second-order valence-corrected chi connectivity index (χ2v) is 4.31. The average molecular weight is 289 g/mol. The van der Waals surface area contributed by atoms with Gasteiger partial charge in [0.05, 0.1) is 9.85 Å². The number of anilines is 2. The number of hydrogen-bond donors (Lipinski definition) is 2. The lowest BCUT2D eigenvalue weighted by Gasteiger charge is -2.11. The van der Waals surface area contributed by atoms with Crippen LogP contribution in [0.1, 0.15) is 17.5 Å². The minimum atomic E-state index is -0.810. The van der Waals surface area contributed by atoms with Crippen molar-refractivity contribution in [2.45, 2.75) is 19.8 Å². The van der Waals surface area contributed by atoms with Crippen LogP contribution in [-0.4, -0.2) is 15.7 Å². The van der Waals surface area contributed by atoms with Crippen molar-refractivity contribution >= 4 is 34.4 Å². The van der Waals surface area contributed by atoms with Gasteiger partial charge in [-0.05, 0) is 25.3 Å². The molecule has 0 saturated heterocycles. The van der Waals surface area contributed by atoms with Crippen molar-refractivity contribution in [2.75, 3.05) is 17.3 Å². The van der Waals surface area contributed by atoms with E-state index < -0.39 is 26.9 Å². The number of alkyl halides is 1. The van der Waals surface area contributed by atoms with Gasteiger partial charge in [-0.1, -0.05) is 0 Å². The zero-order valence-corrected chi connectivity index (χ0v) is 10.9. The van der Waals surface area contributed by atoms with Crippen molar-refractivity contribution in [2.24, 2.45) is 0 Å². The summed E-state index contributed by atoms with van der Waals surface area (Å²) in [4.78, 5) is 20.4. The second kappa shape index (κ2) is 5.70. The van der Waals surface area contributed by atoms with Crippen molar-refractivity contribution < 1.29 is 9.85 Å². The van der Waals surface area contributed by atoms with Crippen LogP contribution in [0.15, 0.2) is 0 Å². The van der Waals surface area contributed by atoms with Crippen molar-refractivity contribution in [3.63, 3.8) is 0 Å². The highest BCUT2D eigenvalue weighted by Crippen LogP contribution is 2.42. The lowest BCUT2D eigenvalue weighted by molar-refractivity contribution is -0.392. The zero-order valence-electron chi connectivity index (χ0n) is 10.2. The number of benzene rings is 1. The van der Waals surface area contributed by atoms with E-state index >= 15 is 0 Å². The summed E-state index contributed by atoms with van der Waals surface area (Å²) in [5.74, 6) is 0.313. The molecule has 0 atom stereocenters. The molecule has 0 aliphatic rings. The normalized spacial score (nSPS) is 10.4. The van der Waals surface area contributed by atoms with Crippen molar-refractivity contribution in [1.29, 1.82) is 0 Å². The summed E-state index contributed by atoms with van der Waals surface area (Å²) in [6.45, 7) is 1.50. The number of rotatable bonds is 5. The van der Waals surface area contributed by atoms with E-state index in [4.69, 9.17) is 23.1 Å². The average Bonchev–Trinajstić information content (AvgIpc) is 2.30. The molecule has 1 aromatic carbocycles. The molecule has 1 rings (SSSR count). The smallest absolute Gasteiger partial charge is 0.322 e. The molecule has 1 aromatic rings. The van der Waals surface area contributed by atoms with Crippen LogP contribution in [0, 0.1) is 27.2 Å². The molecule has 0 heterocycles. The third-order valence-electron chi connectivity index (χ3n) is 2.83. The number of nitro groups is 2. The molecule has 0 spiro atoms. The molecule has 0 amide bonds. The first kappa shape index (κ1) is 15.0. The SMILES string of the molecule is Cc1c(N)c([N+](=O)[O-])c(N)c([N+](=O)[O-])c1CCCCl. The molecule has 0 unspecified atom stereocenters. The minimum Gasteiger partial charge on any atom is -0.393 e. The van der Waals surface area contributed by atoms with Crippen LogP contribution in [0.3, 0.4) is 0 Å². The summed E-state index contributed by atoms with van der Waals surface area (Å²) < 4.78 is 0. The zero-order chi connectivity index (χ0) is 14.7. The van der Waals surface area contributed by atoms with Gasteiger partial charge in [-0.25, -0.2) is 0 Å². The molecule has 8 nitrogen and oxygen atoms in total. The Hall–Kier alpha value is -2.09. The summed E-state index contributed by atoms with van der Waals surface area (Å²) in [5.41, 5.74) is 10.1. The third kappa shape index (κ3) is 2.68. The molecule has 0 saturated carbocycles. The van der Waals surface area contributed by atoms with Gasteiger partial charge in [0.25, 0.3) is 0 Å². The van der Waals surface area contributed by atoms with Crippen molar-refractivity contribution in [1.82, 2.24) is 0 Å². The third-order valence-corrected chi connectivity index (χ3v) is 3.10. The first-order valence-electron chi connectivity index (χ1n) is 5.38. The lowest BCUT2D eigenvalue weighted by atomic mass is 9.97. The molecule has 19 heavy (non-hydrogen) atoms. The first-order chi connectivity index (χ1) is 8.82. The van der Waals surface area contributed by atoms with Gasteiger partial charge in [0.2, 0.25) is 0 Å². The molecule has 0 bridgehead atoms. The molecule has 4 N–H and O–H groups in total. The topological polar surface area (TPSA) is 138 Å². The Labute approximate surface area is 113 Å². The summed E-state index contributed by atoms with van der Waals surface area (Å²) in [5, 5.41) is 22.0. The fourth-order valence-electron chi connectivity index (χ4n) is 1.89. The molecule has 9 heteroatoms. The van der Waals surface area contributed by atoms with Crippen molar-refractivity contribution in [3.05, 3.63) is 31.4 Å². The molecule has 0 aromatic heterocycles. The Kier molecular flexibility index (Phi) is 4.49. The van der Waals surface area contributed by atoms with Gasteiger partial charge in [0, 0.05) is 11.4 Å². The van der Waals surface area contributed by atoms with Gasteiger partial charge < -0.3 is 11.5 Å². The standard InChI is InChI=1S/C10H13ClN4O4/c1-5-6(3-2-4-11)9(14(16)17)8(13)10(7(5)12)15(18)19/h2-4,12-13H2,1H3. The highest BCUT2D eigenvalue weighted by atomic mass is 35.5. The Balaban J connectivity index is 3.64. The molecule has 0 aliphatic carbocycles. The van der Waals surface area contributed by atoms with Gasteiger partial charge in [0.15, 0.2) is 5.69 Å². The molecule has 104 valence electrons. The van der Waals surface area contributed by atoms with E-state index in [-0.39, 0.29) is 12.1 Å². The first-order valence-corrected chi connectivity index (χ1v) is 5.91. The predicted octanol–water partition coefficient (Wildman–Crippen LogP) is 2.15. The van der Waals surface area contributed by atoms with Gasteiger partial charge in [-0.15, -0.1) is 11.6 Å². The highest BCUT2D eigenvalue weighted by Gasteiger charge is 2.32. The van der Waals surface area contributed by atoms with E-state index in [9.17, 15) is 20.2 Å². The molecular weight excluding hydrogens is 276 g/mol. The van der Waals surface area contributed by atoms with E-state index in [0.717, 1.165) is 0 Å². The van der Waals surface area contributed by atoms with Crippen LogP contribution >= 0.6 is 11.6 Å². The van der Waals surface area contributed by atoms with Gasteiger partial charge >= 0.3 is 11.4 Å². The number of hydrogen-bond acceptors (Lipinski definition) is 6. The highest BCUT2D eigenvalue weighted by molar-refractivity contribution is 6.17. The summed E-state index contributed by atoms with van der Waals surface area (Å²) in [7, 11) is 0. The Morgan fingerprint density at radius 1 is 1.11 bits per heavy atom. The van der Waals surface area contributed by atoms with E-state index in [1.807, 2.05) is 0 Å².